The average Bonchev–Trinajstić information content (AvgIpc) is 2.42. The Bertz CT molecular complexity index is 575. The third-order valence-corrected chi connectivity index (χ3v) is 3.28. The van der Waals surface area contributed by atoms with E-state index in [0.29, 0.717) is 5.56 Å². The lowest BCUT2D eigenvalue weighted by molar-refractivity contribution is 0.0940. The number of carbonyl (C=O) groups excluding carboxylic acids is 1. The van der Waals surface area contributed by atoms with Crippen LogP contribution in [0.25, 0.3) is 0 Å². The molecule has 0 saturated heterocycles. The fourth-order valence-electron chi connectivity index (χ4n) is 2.17. The van der Waals surface area contributed by atoms with Gasteiger partial charge in [0.2, 0.25) is 0 Å². The summed E-state index contributed by atoms with van der Waals surface area (Å²) in [5.74, 6) is -0.0333. The molecule has 2 aromatic carbocycles. The highest BCUT2D eigenvalue weighted by molar-refractivity contribution is 5.94. The van der Waals surface area contributed by atoms with Gasteiger partial charge in [0.25, 0.3) is 5.91 Å². The smallest absolute Gasteiger partial charge is 0.251 e. The molecule has 0 aliphatic carbocycles. The fourth-order valence-corrected chi connectivity index (χ4v) is 2.17. The van der Waals surface area contributed by atoms with E-state index in [0.717, 1.165) is 0 Å². The van der Waals surface area contributed by atoms with Gasteiger partial charge < -0.3 is 5.32 Å². The highest BCUT2D eigenvalue weighted by Gasteiger charge is 2.12. The van der Waals surface area contributed by atoms with Crippen LogP contribution in [0.4, 0.5) is 0 Å². The number of nitrogens with one attached hydrogen (secondary N) is 1. The summed E-state index contributed by atoms with van der Waals surface area (Å²) in [6.07, 6.45) is 0. The number of carbonyl (C=O) groups is 1. The molecule has 1 atom stereocenters. The Morgan fingerprint density at radius 2 is 1.74 bits per heavy atom. The summed E-state index contributed by atoms with van der Waals surface area (Å²) in [4.78, 5) is 12.1. The minimum absolute atomic E-state index is 0.00704. The van der Waals surface area contributed by atoms with Crippen molar-refractivity contribution in [3.05, 3.63) is 70.8 Å². The Labute approximate surface area is 114 Å². The van der Waals surface area contributed by atoms with Crippen LogP contribution in [0.1, 0.15) is 40.0 Å². The van der Waals surface area contributed by atoms with E-state index in [1.807, 2.05) is 37.3 Å². The van der Waals surface area contributed by atoms with Crippen LogP contribution >= 0.6 is 0 Å². The van der Waals surface area contributed by atoms with Crippen molar-refractivity contribution in [2.75, 3.05) is 0 Å². The maximum atomic E-state index is 12.1. The van der Waals surface area contributed by atoms with Gasteiger partial charge in [0, 0.05) is 5.56 Å². The molecule has 2 nitrogen and oxygen atoms in total. The molecule has 0 radical (unpaired) electrons. The Morgan fingerprint density at radius 1 is 1.05 bits per heavy atom. The zero-order valence-corrected chi connectivity index (χ0v) is 11.6. The van der Waals surface area contributed by atoms with Gasteiger partial charge in [-0.3, -0.25) is 4.79 Å². The zero-order chi connectivity index (χ0) is 13.8. The molecule has 0 aromatic heterocycles. The molecule has 0 aliphatic rings. The van der Waals surface area contributed by atoms with Crippen LogP contribution < -0.4 is 5.32 Å². The van der Waals surface area contributed by atoms with Gasteiger partial charge in [-0.05, 0) is 44.0 Å². The van der Waals surface area contributed by atoms with Crippen molar-refractivity contribution in [1.29, 1.82) is 0 Å². The Kier molecular flexibility index (Phi) is 4.00. The summed E-state index contributed by atoms with van der Waals surface area (Å²) in [6, 6.07) is 15.6. The molecule has 2 aromatic rings. The SMILES string of the molecule is Cc1ccc(C)c([C@H](C)NC(=O)c2ccccc2)c1. The first-order valence-corrected chi connectivity index (χ1v) is 6.51. The number of aryl methyl sites for hydroxylation is 2. The van der Waals surface area contributed by atoms with Crippen LogP contribution in [0.5, 0.6) is 0 Å². The first-order chi connectivity index (χ1) is 9.08. The van der Waals surface area contributed by atoms with Crippen molar-refractivity contribution in [1.82, 2.24) is 5.32 Å². The van der Waals surface area contributed by atoms with Gasteiger partial charge in [0.1, 0.15) is 0 Å². The summed E-state index contributed by atoms with van der Waals surface area (Å²) in [7, 11) is 0. The molecular weight excluding hydrogens is 234 g/mol. The van der Waals surface area contributed by atoms with E-state index < -0.39 is 0 Å². The summed E-state index contributed by atoms with van der Waals surface area (Å²) < 4.78 is 0. The minimum Gasteiger partial charge on any atom is -0.346 e. The van der Waals surface area contributed by atoms with E-state index in [9.17, 15) is 4.79 Å². The van der Waals surface area contributed by atoms with E-state index >= 15 is 0 Å². The summed E-state index contributed by atoms with van der Waals surface area (Å²) in [6.45, 7) is 6.15. The second-order valence-corrected chi connectivity index (χ2v) is 4.92. The number of rotatable bonds is 3. The lowest BCUT2D eigenvalue weighted by Gasteiger charge is -2.17. The summed E-state index contributed by atoms with van der Waals surface area (Å²) in [5, 5.41) is 3.04. The minimum atomic E-state index is -0.0333. The lowest BCUT2D eigenvalue weighted by atomic mass is 10.00. The van der Waals surface area contributed by atoms with Gasteiger partial charge in [0.15, 0.2) is 0 Å². The van der Waals surface area contributed by atoms with E-state index in [4.69, 9.17) is 0 Å². The Hall–Kier alpha value is -2.09. The second kappa shape index (κ2) is 5.70. The van der Waals surface area contributed by atoms with Crippen molar-refractivity contribution < 1.29 is 4.79 Å². The molecule has 2 rings (SSSR count). The van der Waals surface area contributed by atoms with E-state index in [2.05, 4.69) is 37.4 Å². The summed E-state index contributed by atoms with van der Waals surface area (Å²) in [5.41, 5.74) is 4.27. The lowest BCUT2D eigenvalue weighted by Crippen LogP contribution is -2.27. The van der Waals surface area contributed by atoms with Crippen molar-refractivity contribution in [2.24, 2.45) is 0 Å². The molecule has 0 bridgehead atoms. The van der Waals surface area contributed by atoms with Crippen molar-refractivity contribution in [2.45, 2.75) is 26.8 Å². The zero-order valence-electron chi connectivity index (χ0n) is 11.6. The predicted molar refractivity (Wildman–Crippen MR) is 78.2 cm³/mol. The van der Waals surface area contributed by atoms with Gasteiger partial charge >= 0.3 is 0 Å². The average molecular weight is 253 g/mol. The molecule has 0 fully saturated rings. The van der Waals surface area contributed by atoms with E-state index in [-0.39, 0.29) is 11.9 Å². The van der Waals surface area contributed by atoms with Crippen molar-refractivity contribution in [3.8, 4) is 0 Å². The molecular formula is C17H19NO. The van der Waals surface area contributed by atoms with Gasteiger partial charge in [-0.15, -0.1) is 0 Å². The molecule has 2 heteroatoms. The number of hydrogen-bond acceptors (Lipinski definition) is 1. The number of amides is 1. The van der Waals surface area contributed by atoms with Gasteiger partial charge in [0.05, 0.1) is 6.04 Å². The summed E-state index contributed by atoms with van der Waals surface area (Å²) >= 11 is 0. The molecule has 1 amide bonds. The van der Waals surface area contributed by atoms with Crippen LogP contribution in [-0.4, -0.2) is 5.91 Å². The molecule has 0 unspecified atom stereocenters. The maximum Gasteiger partial charge on any atom is 0.251 e. The normalized spacial score (nSPS) is 11.9. The maximum absolute atomic E-state index is 12.1. The molecule has 1 N–H and O–H groups in total. The first-order valence-electron chi connectivity index (χ1n) is 6.51. The highest BCUT2D eigenvalue weighted by Crippen LogP contribution is 2.19. The van der Waals surface area contributed by atoms with Crippen LogP contribution in [0.2, 0.25) is 0 Å². The Balaban J connectivity index is 2.15. The van der Waals surface area contributed by atoms with Crippen molar-refractivity contribution in [3.63, 3.8) is 0 Å². The number of hydrogen-bond donors (Lipinski definition) is 1. The first kappa shape index (κ1) is 13.3. The molecule has 0 spiro atoms. The largest absolute Gasteiger partial charge is 0.346 e. The molecule has 19 heavy (non-hydrogen) atoms. The third-order valence-electron chi connectivity index (χ3n) is 3.28. The van der Waals surface area contributed by atoms with Crippen molar-refractivity contribution >= 4 is 5.91 Å². The number of benzene rings is 2. The van der Waals surface area contributed by atoms with Gasteiger partial charge in [-0.25, -0.2) is 0 Å². The molecule has 98 valence electrons. The topological polar surface area (TPSA) is 29.1 Å². The van der Waals surface area contributed by atoms with Gasteiger partial charge in [-0.1, -0.05) is 42.0 Å². The van der Waals surface area contributed by atoms with E-state index in [1.54, 1.807) is 0 Å². The molecule has 0 aliphatic heterocycles. The van der Waals surface area contributed by atoms with E-state index in [1.165, 1.54) is 16.7 Å². The van der Waals surface area contributed by atoms with Gasteiger partial charge in [-0.2, -0.15) is 0 Å². The monoisotopic (exact) mass is 253 g/mol. The quantitative estimate of drug-likeness (QED) is 0.885. The molecule has 0 heterocycles. The fraction of sp³-hybridized carbons (Fsp3) is 0.235. The predicted octanol–water partition coefficient (Wildman–Crippen LogP) is 3.79. The van der Waals surface area contributed by atoms with Crippen LogP contribution in [0.3, 0.4) is 0 Å². The van der Waals surface area contributed by atoms with Crippen LogP contribution in [0, 0.1) is 13.8 Å². The Morgan fingerprint density at radius 3 is 2.42 bits per heavy atom. The van der Waals surface area contributed by atoms with Crippen LogP contribution in [-0.2, 0) is 0 Å². The second-order valence-electron chi connectivity index (χ2n) is 4.92. The molecule has 0 saturated carbocycles. The third kappa shape index (κ3) is 3.22. The van der Waals surface area contributed by atoms with Crippen LogP contribution in [0.15, 0.2) is 48.5 Å². The highest BCUT2D eigenvalue weighted by atomic mass is 16.1. The standard InChI is InChI=1S/C17H19NO/c1-12-9-10-13(2)16(11-12)14(3)18-17(19)15-7-5-4-6-8-15/h4-11,14H,1-3H3,(H,18,19)/t14-/m0/s1.